The van der Waals surface area contributed by atoms with Crippen LogP contribution in [0, 0.1) is 6.92 Å². The van der Waals surface area contributed by atoms with Gasteiger partial charge in [0, 0.05) is 4.47 Å². The Morgan fingerprint density at radius 2 is 1.94 bits per heavy atom. The molecule has 0 heterocycles. The summed E-state index contributed by atoms with van der Waals surface area (Å²) >= 11 is 3.27. The van der Waals surface area contributed by atoms with E-state index in [1.807, 2.05) is 31.2 Å². The molecule has 0 spiro atoms. The average Bonchev–Trinajstić information content (AvgIpc) is 2.31. The van der Waals surface area contributed by atoms with Gasteiger partial charge in [-0.3, -0.25) is 0 Å². The fraction of sp³-hybridized carbons (Fsp3) is 0.0714. The Balaban J connectivity index is 2.35. The molecule has 0 aromatic heterocycles. The summed E-state index contributed by atoms with van der Waals surface area (Å²) in [4.78, 5) is 10.9. The van der Waals surface area contributed by atoms with Crippen molar-refractivity contribution in [2.24, 2.45) is 0 Å². The Hall–Kier alpha value is -1.81. The van der Waals surface area contributed by atoms with Gasteiger partial charge in [-0.1, -0.05) is 34.1 Å². The van der Waals surface area contributed by atoms with Crippen molar-refractivity contribution in [1.82, 2.24) is 0 Å². The molecule has 0 radical (unpaired) electrons. The van der Waals surface area contributed by atoms with Crippen molar-refractivity contribution in [2.45, 2.75) is 6.92 Å². The van der Waals surface area contributed by atoms with Gasteiger partial charge in [-0.05, 0) is 36.8 Å². The van der Waals surface area contributed by atoms with Gasteiger partial charge in [0.25, 0.3) is 0 Å². The predicted octanol–water partition coefficient (Wildman–Crippen LogP) is 4.25. The molecular formula is C14H11BrO3. The van der Waals surface area contributed by atoms with Gasteiger partial charge >= 0.3 is 5.97 Å². The maximum Gasteiger partial charge on any atom is 0.335 e. The number of carboxylic acids is 1. The number of hydrogen-bond acceptors (Lipinski definition) is 2. The van der Waals surface area contributed by atoms with Crippen LogP contribution in [-0.2, 0) is 0 Å². The molecule has 0 saturated carbocycles. The third-order valence-corrected chi connectivity index (χ3v) is 2.90. The number of benzene rings is 2. The van der Waals surface area contributed by atoms with E-state index in [4.69, 9.17) is 9.84 Å². The van der Waals surface area contributed by atoms with Crippen LogP contribution in [0.1, 0.15) is 15.9 Å². The SMILES string of the molecule is Cc1ccccc1Oc1cc(Br)cc(C(=O)O)c1. The molecule has 0 bridgehead atoms. The van der Waals surface area contributed by atoms with Crippen LogP contribution >= 0.6 is 15.9 Å². The molecular weight excluding hydrogens is 296 g/mol. The lowest BCUT2D eigenvalue weighted by molar-refractivity contribution is 0.0696. The molecule has 0 fully saturated rings. The Labute approximate surface area is 113 Å². The molecule has 0 aliphatic rings. The first-order valence-electron chi connectivity index (χ1n) is 5.33. The third kappa shape index (κ3) is 2.90. The van der Waals surface area contributed by atoms with Crippen molar-refractivity contribution >= 4 is 21.9 Å². The molecule has 0 unspecified atom stereocenters. The fourth-order valence-electron chi connectivity index (χ4n) is 1.54. The molecule has 92 valence electrons. The van der Waals surface area contributed by atoms with E-state index < -0.39 is 5.97 Å². The predicted molar refractivity (Wildman–Crippen MR) is 72.4 cm³/mol. The summed E-state index contributed by atoms with van der Waals surface area (Å²) in [7, 11) is 0. The number of aryl methyl sites for hydroxylation is 1. The van der Waals surface area contributed by atoms with Crippen LogP contribution in [0.5, 0.6) is 11.5 Å². The smallest absolute Gasteiger partial charge is 0.335 e. The lowest BCUT2D eigenvalue weighted by Crippen LogP contribution is -1.97. The fourth-order valence-corrected chi connectivity index (χ4v) is 2.02. The molecule has 2 aromatic rings. The Bertz CT molecular complexity index is 593. The average molecular weight is 307 g/mol. The quantitative estimate of drug-likeness (QED) is 0.922. The van der Waals surface area contributed by atoms with Crippen molar-refractivity contribution < 1.29 is 14.6 Å². The second-order valence-electron chi connectivity index (χ2n) is 3.85. The molecule has 0 aliphatic carbocycles. The standard InChI is InChI=1S/C14H11BrO3/c1-9-4-2-3-5-13(9)18-12-7-10(14(16)17)6-11(15)8-12/h2-8H,1H3,(H,16,17). The zero-order valence-corrected chi connectivity index (χ0v) is 11.3. The first-order valence-corrected chi connectivity index (χ1v) is 6.13. The highest BCUT2D eigenvalue weighted by Gasteiger charge is 2.08. The number of ether oxygens (including phenoxy) is 1. The lowest BCUT2D eigenvalue weighted by Gasteiger charge is -2.09. The summed E-state index contributed by atoms with van der Waals surface area (Å²) in [5.41, 5.74) is 1.18. The number of halogens is 1. The summed E-state index contributed by atoms with van der Waals surface area (Å²) < 4.78 is 6.36. The van der Waals surface area contributed by atoms with Gasteiger partial charge in [0.2, 0.25) is 0 Å². The van der Waals surface area contributed by atoms with Crippen LogP contribution in [0.15, 0.2) is 46.9 Å². The summed E-state index contributed by atoms with van der Waals surface area (Å²) in [6, 6.07) is 12.3. The lowest BCUT2D eigenvalue weighted by atomic mass is 10.2. The minimum absolute atomic E-state index is 0.188. The second-order valence-corrected chi connectivity index (χ2v) is 4.76. The number of carbonyl (C=O) groups is 1. The number of carboxylic acid groups (broad SMARTS) is 1. The molecule has 1 N–H and O–H groups in total. The summed E-state index contributed by atoms with van der Waals surface area (Å²) in [5.74, 6) is 0.231. The molecule has 0 saturated heterocycles. The van der Waals surface area contributed by atoms with Crippen LogP contribution in [0.25, 0.3) is 0 Å². The highest BCUT2D eigenvalue weighted by atomic mass is 79.9. The molecule has 2 aromatic carbocycles. The van der Waals surface area contributed by atoms with E-state index in [1.165, 1.54) is 12.1 Å². The van der Waals surface area contributed by atoms with Crippen molar-refractivity contribution in [3.63, 3.8) is 0 Å². The van der Waals surface area contributed by atoms with Crippen LogP contribution in [-0.4, -0.2) is 11.1 Å². The van der Waals surface area contributed by atoms with E-state index in [9.17, 15) is 4.79 Å². The molecule has 0 amide bonds. The van der Waals surface area contributed by atoms with E-state index >= 15 is 0 Å². The van der Waals surface area contributed by atoms with Gasteiger partial charge in [-0.25, -0.2) is 4.79 Å². The maximum atomic E-state index is 10.9. The zero-order chi connectivity index (χ0) is 13.1. The third-order valence-electron chi connectivity index (χ3n) is 2.44. The van der Waals surface area contributed by atoms with Crippen LogP contribution in [0.2, 0.25) is 0 Å². The number of para-hydroxylation sites is 1. The largest absolute Gasteiger partial charge is 0.478 e. The van der Waals surface area contributed by atoms with Crippen molar-refractivity contribution in [3.05, 3.63) is 58.1 Å². The molecule has 2 rings (SSSR count). The van der Waals surface area contributed by atoms with Gasteiger partial charge in [-0.2, -0.15) is 0 Å². The van der Waals surface area contributed by atoms with E-state index in [0.29, 0.717) is 16.0 Å². The van der Waals surface area contributed by atoms with E-state index in [0.717, 1.165) is 5.56 Å². The van der Waals surface area contributed by atoms with Gasteiger partial charge in [0.15, 0.2) is 0 Å². The Kier molecular flexibility index (Phi) is 3.67. The van der Waals surface area contributed by atoms with E-state index in [2.05, 4.69) is 15.9 Å². The minimum atomic E-state index is -0.981. The van der Waals surface area contributed by atoms with Crippen LogP contribution in [0.3, 0.4) is 0 Å². The van der Waals surface area contributed by atoms with Gasteiger partial charge in [0.05, 0.1) is 5.56 Å². The van der Waals surface area contributed by atoms with Crippen LogP contribution < -0.4 is 4.74 Å². The summed E-state index contributed by atoms with van der Waals surface area (Å²) in [6.07, 6.45) is 0. The van der Waals surface area contributed by atoms with Gasteiger partial charge in [-0.15, -0.1) is 0 Å². The molecule has 3 nitrogen and oxygen atoms in total. The van der Waals surface area contributed by atoms with E-state index in [1.54, 1.807) is 6.07 Å². The highest BCUT2D eigenvalue weighted by Crippen LogP contribution is 2.28. The Morgan fingerprint density at radius 1 is 1.22 bits per heavy atom. The normalized spacial score (nSPS) is 10.1. The number of hydrogen-bond donors (Lipinski definition) is 1. The first kappa shape index (κ1) is 12.6. The first-order chi connectivity index (χ1) is 8.56. The minimum Gasteiger partial charge on any atom is -0.478 e. The van der Waals surface area contributed by atoms with Gasteiger partial charge < -0.3 is 9.84 Å². The number of aromatic carboxylic acids is 1. The maximum absolute atomic E-state index is 10.9. The molecule has 0 aliphatic heterocycles. The summed E-state index contributed by atoms with van der Waals surface area (Å²) in [6.45, 7) is 1.94. The number of rotatable bonds is 3. The van der Waals surface area contributed by atoms with Crippen molar-refractivity contribution in [1.29, 1.82) is 0 Å². The zero-order valence-electron chi connectivity index (χ0n) is 9.68. The van der Waals surface area contributed by atoms with Crippen molar-refractivity contribution in [2.75, 3.05) is 0 Å². The Morgan fingerprint density at radius 3 is 2.61 bits per heavy atom. The topological polar surface area (TPSA) is 46.5 Å². The van der Waals surface area contributed by atoms with E-state index in [-0.39, 0.29) is 5.56 Å². The second kappa shape index (κ2) is 5.23. The molecule has 0 atom stereocenters. The molecule has 18 heavy (non-hydrogen) atoms. The monoisotopic (exact) mass is 306 g/mol. The summed E-state index contributed by atoms with van der Waals surface area (Å²) in [5, 5.41) is 8.98. The van der Waals surface area contributed by atoms with Crippen LogP contribution in [0.4, 0.5) is 0 Å². The molecule has 4 heteroatoms. The van der Waals surface area contributed by atoms with Crippen molar-refractivity contribution in [3.8, 4) is 11.5 Å². The highest BCUT2D eigenvalue weighted by molar-refractivity contribution is 9.10. The van der Waals surface area contributed by atoms with Gasteiger partial charge in [0.1, 0.15) is 11.5 Å².